The maximum absolute atomic E-state index is 11.8. The Balaban J connectivity index is 2.13. The number of hydrogen-bond acceptors (Lipinski definition) is 3. The highest BCUT2D eigenvalue weighted by Crippen LogP contribution is 2.05. The van der Waals surface area contributed by atoms with Gasteiger partial charge < -0.3 is 10.1 Å². The fourth-order valence-electron chi connectivity index (χ4n) is 1.91. The Morgan fingerprint density at radius 2 is 1.90 bits per heavy atom. The molecular weight excluding hydrogens is 250 g/mol. The fourth-order valence-corrected chi connectivity index (χ4v) is 1.91. The van der Waals surface area contributed by atoms with E-state index in [0.29, 0.717) is 13.2 Å². The van der Waals surface area contributed by atoms with E-state index >= 15 is 0 Å². The first-order valence-electron chi connectivity index (χ1n) is 7.51. The summed E-state index contributed by atoms with van der Waals surface area (Å²) in [6, 6.07) is 9.77. The molecule has 3 heteroatoms. The van der Waals surface area contributed by atoms with Gasteiger partial charge in [0.25, 0.3) is 0 Å². The van der Waals surface area contributed by atoms with E-state index in [1.165, 1.54) is 6.42 Å². The zero-order chi connectivity index (χ0) is 14.8. The summed E-state index contributed by atoms with van der Waals surface area (Å²) in [6.45, 7) is 8.37. The van der Waals surface area contributed by atoms with E-state index in [-0.39, 0.29) is 11.9 Å². The van der Waals surface area contributed by atoms with Gasteiger partial charge in [-0.2, -0.15) is 0 Å². The van der Waals surface area contributed by atoms with E-state index in [2.05, 4.69) is 19.2 Å². The maximum atomic E-state index is 11.8. The zero-order valence-electron chi connectivity index (χ0n) is 12.9. The molecule has 1 rings (SSSR count). The molecule has 0 bridgehead atoms. The van der Waals surface area contributed by atoms with Crippen LogP contribution in [-0.2, 0) is 16.1 Å². The number of rotatable bonds is 9. The van der Waals surface area contributed by atoms with Crippen molar-refractivity contribution >= 4 is 5.97 Å². The summed E-state index contributed by atoms with van der Waals surface area (Å²) in [5, 5.41) is 3.32. The van der Waals surface area contributed by atoms with E-state index < -0.39 is 0 Å². The van der Waals surface area contributed by atoms with Gasteiger partial charge in [-0.25, -0.2) is 0 Å². The van der Waals surface area contributed by atoms with Gasteiger partial charge in [0.15, 0.2) is 0 Å². The van der Waals surface area contributed by atoms with Crippen molar-refractivity contribution in [3.8, 4) is 0 Å². The van der Waals surface area contributed by atoms with Crippen molar-refractivity contribution in [1.29, 1.82) is 0 Å². The van der Waals surface area contributed by atoms with E-state index in [4.69, 9.17) is 4.74 Å². The van der Waals surface area contributed by atoms with Gasteiger partial charge in [0.05, 0.1) is 5.92 Å². The molecule has 1 unspecified atom stereocenters. The molecule has 20 heavy (non-hydrogen) atoms. The smallest absolute Gasteiger partial charge is 0.310 e. The summed E-state index contributed by atoms with van der Waals surface area (Å²) >= 11 is 0. The average molecular weight is 277 g/mol. The Bertz CT molecular complexity index is 376. The molecule has 112 valence electrons. The highest BCUT2D eigenvalue weighted by atomic mass is 16.5. The maximum Gasteiger partial charge on any atom is 0.310 e. The molecular formula is C17H27NO2. The highest BCUT2D eigenvalue weighted by Gasteiger charge is 2.13. The summed E-state index contributed by atoms with van der Waals surface area (Å²) in [5.74, 6) is 0.507. The standard InChI is InChI=1S/C17H27NO2/c1-14(2)8-7-11-18-12-15(3)17(19)20-13-16-9-5-4-6-10-16/h4-6,9-10,14-15,18H,7-8,11-13H2,1-3H3. The third-order valence-electron chi connectivity index (χ3n) is 3.21. The van der Waals surface area contributed by atoms with Gasteiger partial charge in [-0.15, -0.1) is 0 Å². The molecule has 3 nitrogen and oxygen atoms in total. The van der Waals surface area contributed by atoms with Crippen LogP contribution in [0.3, 0.4) is 0 Å². The SMILES string of the molecule is CC(C)CCCNCC(C)C(=O)OCc1ccccc1. The fraction of sp³-hybridized carbons (Fsp3) is 0.588. The molecule has 0 aliphatic rings. The van der Waals surface area contributed by atoms with Gasteiger partial charge in [0.1, 0.15) is 6.61 Å². The minimum atomic E-state index is -0.134. The molecule has 1 N–H and O–H groups in total. The summed E-state index contributed by atoms with van der Waals surface area (Å²) < 4.78 is 5.31. The van der Waals surface area contributed by atoms with Gasteiger partial charge in [-0.05, 0) is 30.9 Å². The van der Waals surface area contributed by atoms with Crippen molar-refractivity contribution in [1.82, 2.24) is 5.32 Å². The summed E-state index contributed by atoms with van der Waals surface area (Å²) in [6.07, 6.45) is 2.38. The summed E-state index contributed by atoms with van der Waals surface area (Å²) in [5.41, 5.74) is 1.03. The van der Waals surface area contributed by atoms with Crippen LogP contribution in [0.15, 0.2) is 30.3 Å². The molecule has 0 radical (unpaired) electrons. The van der Waals surface area contributed by atoms with Gasteiger partial charge in [-0.3, -0.25) is 4.79 Å². The minimum absolute atomic E-state index is 0.0993. The van der Waals surface area contributed by atoms with Crippen LogP contribution >= 0.6 is 0 Å². The molecule has 1 atom stereocenters. The first-order valence-corrected chi connectivity index (χ1v) is 7.51. The van der Waals surface area contributed by atoms with Crippen molar-refractivity contribution in [2.75, 3.05) is 13.1 Å². The Morgan fingerprint density at radius 3 is 2.55 bits per heavy atom. The lowest BCUT2D eigenvalue weighted by atomic mass is 10.1. The molecule has 0 fully saturated rings. The number of benzene rings is 1. The van der Waals surface area contributed by atoms with Gasteiger partial charge in [0, 0.05) is 6.54 Å². The predicted octanol–water partition coefficient (Wildman–Crippen LogP) is 3.39. The molecule has 0 aliphatic heterocycles. The van der Waals surface area contributed by atoms with Crippen molar-refractivity contribution in [2.24, 2.45) is 11.8 Å². The van der Waals surface area contributed by atoms with Crippen molar-refractivity contribution in [2.45, 2.75) is 40.2 Å². The lowest BCUT2D eigenvalue weighted by Crippen LogP contribution is -2.28. The number of carbonyl (C=O) groups is 1. The number of esters is 1. The highest BCUT2D eigenvalue weighted by molar-refractivity contribution is 5.72. The van der Waals surface area contributed by atoms with Crippen LogP contribution in [0, 0.1) is 11.8 Å². The summed E-state index contributed by atoms with van der Waals surface area (Å²) in [7, 11) is 0. The lowest BCUT2D eigenvalue weighted by molar-refractivity contribution is -0.149. The molecule has 0 spiro atoms. The Hall–Kier alpha value is -1.35. The molecule has 0 saturated heterocycles. The average Bonchev–Trinajstić information content (AvgIpc) is 2.45. The molecule has 0 heterocycles. The number of nitrogens with one attached hydrogen (secondary N) is 1. The molecule has 0 saturated carbocycles. The van der Waals surface area contributed by atoms with Crippen molar-refractivity contribution in [3.05, 3.63) is 35.9 Å². The number of ether oxygens (including phenoxy) is 1. The van der Waals surface area contributed by atoms with E-state index in [0.717, 1.165) is 24.4 Å². The second kappa shape index (κ2) is 9.54. The largest absolute Gasteiger partial charge is 0.461 e. The van der Waals surface area contributed by atoms with Crippen LogP contribution in [0.5, 0.6) is 0 Å². The van der Waals surface area contributed by atoms with Crippen LogP contribution in [0.1, 0.15) is 39.2 Å². The van der Waals surface area contributed by atoms with Gasteiger partial charge in [0.2, 0.25) is 0 Å². The number of hydrogen-bond donors (Lipinski definition) is 1. The third-order valence-corrected chi connectivity index (χ3v) is 3.21. The molecule has 0 aromatic heterocycles. The first kappa shape index (κ1) is 16.7. The van der Waals surface area contributed by atoms with Gasteiger partial charge >= 0.3 is 5.97 Å². The second-order valence-electron chi connectivity index (χ2n) is 5.73. The van der Waals surface area contributed by atoms with Crippen LogP contribution < -0.4 is 5.32 Å². The molecule has 1 aromatic rings. The minimum Gasteiger partial charge on any atom is -0.461 e. The molecule has 0 amide bonds. The Morgan fingerprint density at radius 1 is 1.20 bits per heavy atom. The molecule has 1 aromatic carbocycles. The molecule has 0 aliphatic carbocycles. The quantitative estimate of drug-likeness (QED) is 0.555. The second-order valence-corrected chi connectivity index (χ2v) is 5.73. The van der Waals surface area contributed by atoms with E-state index in [9.17, 15) is 4.79 Å². The Kier molecular flexibility index (Phi) is 7.97. The van der Waals surface area contributed by atoms with Gasteiger partial charge in [-0.1, -0.05) is 51.1 Å². The zero-order valence-corrected chi connectivity index (χ0v) is 12.9. The first-order chi connectivity index (χ1) is 9.59. The topological polar surface area (TPSA) is 38.3 Å². The number of carbonyl (C=O) groups excluding carboxylic acids is 1. The lowest BCUT2D eigenvalue weighted by Gasteiger charge is -2.13. The van der Waals surface area contributed by atoms with E-state index in [1.54, 1.807) is 0 Å². The van der Waals surface area contributed by atoms with E-state index in [1.807, 2.05) is 37.3 Å². The third kappa shape index (κ3) is 7.29. The summed E-state index contributed by atoms with van der Waals surface area (Å²) in [4.78, 5) is 11.8. The normalized spacial score (nSPS) is 12.4. The predicted molar refractivity (Wildman–Crippen MR) is 82.3 cm³/mol. The van der Waals surface area contributed by atoms with Crippen LogP contribution in [-0.4, -0.2) is 19.1 Å². The van der Waals surface area contributed by atoms with Crippen LogP contribution in [0.2, 0.25) is 0 Å². The van der Waals surface area contributed by atoms with Crippen LogP contribution in [0.4, 0.5) is 0 Å². The van der Waals surface area contributed by atoms with Crippen molar-refractivity contribution in [3.63, 3.8) is 0 Å². The monoisotopic (exact) mass is 277 g/mol. The Labute approximate surface area is 122 Å². The van der Waals surface area contributed by atoms with Crippen molar-refractivity contribution < 1.29 is 9.53 Å². The van der Waals surface area contributed by atoms with Crippen LogP contribution in [0.25, 0.3) is 0 Å².